The van der Waals surface area contributed by atoms with Crippen molar-refractivity contribution in [1.82, 2.24) is 0 Å². The van der Waals surface area contributed by atoms with Crippen molar-refractivity contribution < 1.29 is 14.6 Å². The normalized spacial score (nSPS) is 18.9. The number of halogens is 1. The summed E-state index contributed by atoms with van der Waals surface area (Å²) in [6.45, 7) is 1.78. The predicted octanol–water partition coefficient (Wildman–Crippen LogP) is 2.51. The first-order valence-corrected chi connectivity index (χ1v) is 6.27. The van der Waals surface area contributed by atoms with Crippen LogP contribution in [-0.2, 0) is 4.74 Å². The maximum absolute atomic E-state index is 9.99. The molecular weight excluding hydrogens is 240 g/mol. The first kappa shape index (κ1) is 12.7. The van der Waals surface area contributed by atoms with E-state index in [9.17, 15) is 5.11 Å². The SMILES string of the molecule is OC(COc1cccc(Cl)c1)C1CCOCC1. The molecule has 0 aliphatic carbocycles. The highest BCUT2D eigenvalue weighted by Gasteiger charge is 2.22. The minimum absolute atomic E-state index is 0.280. The summed E-state index contributed by atoms with van der Waals surface area (Å²) >= 11 is 5.85. The van der Waals surface area contributed by atoms with Gasteiger partial charge in [-0.25, -0.2) is 0 Å². The number of aliphatic hydroxyl groups excluding tert-OH is 1. The molecule has 0 amide bonds. The van der Waals surface area contributed by atoms with Crippen LogP contribution in [0, 0.1) is 5.92 Å². The standard InChI is InChI=1S/C13H17ClO3/c14-11-2-1-3-12(8-11)17-9-13(15)10-4-6-16-7-5-10/h1-3,8,10,13,15H,4-7,9H2. The molecule has 17 heavy (non-hydrogen) atoms. The molecule has 1 aliphatic rings. The minimum atomic E-state index is -0.433. The van der Waals surface area contributed by atoms with Crippen molar-refractivity contribution in [3.63, 3.8) is 0 Å². The van der Waals surface area contributed by atoms with Crippen molar-refractivity contribution in [1.29, 1.82) is 0 Å². The lowest BCUT2D eigenvalue weighted by Gasteiger charge is -2.26. The summed E-state index contributed by atoms with van der Waals surface area (Å²) in [6.07, 6.45) is 1.37. The molecule has 1 atom stereocenters. The van der Waals surface area contributed by atoms with E-state index in [1.54, 1.807) is 12.1 Å². The van der Waals surface area contributed by atoms with Crippen LogP contribution < -0.4 is 4.74 Å². The Balaban J connectivity index is 1.80. The minimum Gasteiger partial charge on any atom is -0.491 e. The van der Waals surface area contributed by atoms with Crippen molar-refractivity contribution in [2.75, 3.05) is 19.8 Å². The van der Waals surface area contributed by atoms with E-state index in [1.807, 2.05) is 12.1 Å². The van der Waals surface area contributed by atoms with E-state index in [2.05, 4.69) is 0 Å². The monoisotopic (exact) mass is 256 g/mol. The van der Waals surface area contributed by atoms with Gasteiger partial charge >= 0.3 is 0 Å². The first-order chi connectivity index (χ1) is 8.25. The van der Waals surface area contributed by atoms with Crippen LogP contribution in [0.5, 0.6) is 5.75 Å². The van der Waals surface area contributed by atoms with Crippen molar-refractivity contribution in [3.8, 4) is 5.75 Å². The van der Waals surface area contributed by atoms with Crippen LogP contribution >= 0.6 is 11.6 Å². The summed E-state index contributed by atoms with van der Waals surface area (Å²) in [7, 11) is 0. The number of hydrogen-bond donors (Lipinski definition) is 1. The lowest BCUT2D eigenvalue weighted by Crippen LogP contribution is -2.31. The first-order valence-electron chi connectivity index (χ1n) is 5.90. The van der Waals surface area contributed by atoms with Gasteiger partial charge in [-0.3, -0.25) is 0 Å². The van der Waals surface area contributed by atoms with Gasteiger partial charge in [-0.2, -0.15) is 0 Å². The molecule has 0 saturated carbocycles. The smallest absolute Gasteiger partial charge is 0.120 e. The second-order valence-electron chi connectivity index (χ2n) is 4.29. The third kappa shape index (κ3) is 3.87. The van der Waals surface area contributed by atoms with Crippen LogP contribution in [0.4, 0.5) is 0 Å². The van der Waals surface area contributed by atoms with E-state index in [0.717, 1.165) is 26.1 Å². The van der Waals surface area contributed by atoms with Gasteiger partial charge in [-0.05, 0) is 37.0 Å². The van der Waals surface area contributed by atoms with Gasteiger partial charge in [-0.1, -0.05) is 17.7 Å². The van der Waals surface area contributed by atoms with Gasteiger partial charge in [0.05, 0.1) is 6.10 Å². The van der Waals surface area contributed by atoms with E-state index >= 15 is 0 Å². The fourth-order valence-corrected chi connectivity index (χ4v) is 2.16. The van der Waals surface area contributed by atoms with Gasteiger partial charge in [0.25, 0.3) is 0 Å². The lowest BCUT2D eigenvalue weighted by molar-refractivity contribution is -0.0101. The summed E-state index contributed by atoms with van der Waals surface area (Å²) in [5.74, 6) is 0.978. The second kappa shape index (κ2) is 6.24. The van der Waals surface area contributed by atoms with Gasteiger partial charge in [0, 0.05) is 18.2 Å². The highest BCUT2D eigenvalue weighted by Crippen LogP contribution is 2.21. The number of aliphatic hydroxyl groups is 1. The maximum Gasteiger partial charge on any atom is 0.120 e. The van der Waals surface area contributed by atoms with E-state index in [4.69, 9.17) is 21.1 Å². The highest BCUT2D eigenvalue weighted by molar-refractivity contribution is 6.30. The molecule has 2 rings (SSSR count). The van der Waals surface area contributed by atoms with Crippen LogP contribution in [0.25, 0.3) is 0 Å². The van der Waals surface area contributed by atoms with Crippen molar-refractivity contribution >= 4 is 11.6 Å². The van der Waals surface area contributed by atoms with Crippen molar-refractivity contribution in [2.45, 2.75) is 18.9 Å². The van der Waals surface area contributed by atoms with E-state index in [0.29, 0.717) is 17.4 Å². The Morgan fingerprint density at radius 2 is 2.18 bits per heavy atom. The predicted molar refractivity (Wildman–Crippen MR) is 66.5 cm³/mol. The summed E-state index contributed by atoms with van der Waals surface area (Å²) < 4.78 is 10.8. The van der Waals surface area contributed by atoms with Gasteiger partial charge in [-0.15, -0.1) is 0 Å². The Labute approximate surface area is 106 Å². The molecule has 1 heterocycles. The van der Waals surface area contributed by atoms with E-state index < -0.39 is 6.10 Å². The largest absolute Gasteiger partial charge is 0.491 e. The third-order valence-corrected chi connectivity index (χ3v) is 3.26. The average molecular weight is 257 g/mol. The van der Waals surface area contributed by atoms with Gasteiger partial charge in [0.1, 0.15) is 12.4 Å². The van der Waals surface area contributed by atoms with Gasteiger partial charge in [0.2, 0.25) is 0 Å². The molecule has 1 saturated heterocycles. The molecule has 3 nitrogen and oxygen atoms in total. The Morgan fingerprint density at radius 1 is 1.41 bits per heavy atom. The molecule has 1 aromatic rings. The van der Waals surface area contributed by atoms with Gasteiger partial charge < -0.3 is 14.6 Å². The molecule has 1 unspecified atom stereocenters. The molecule has 4 heteroatoms. The zero-order valence-corrected chi connectivity index (χ0v) is 10.4. The second-order valence-corrected chi connectivity index (χ2v) is 4.72. The molecule has 1 aromatic carbocycles. The molecule has 0 spiro atoms. The zero-order valence-electron chi connectivity index (χ0n) is 9.64. The summed E-state index contributed by atoms with van der Waals surface area (Å²) in [5.41, 5.74) is 0. The molecular formula is C13H17ClO3. The molecule has 1 fully saturated rings. The topological polar surface area (TPSA) is 38.7 Å². The summed E-state index contributed by atoms with van der Waals surface area (Å²) in [4.78, 5) is 0. The molecule has 0 aromatic heterocycles. The maximum atomic E-state index is 9.99. The van der Waals surface area contributed by atoms with Crippen LogP contribution in [-0.4, -0.2) is 31.0 Å². The Hall–Kier alpha value is -0.770. The fourth-order valence-electron chi connectivity index (χ4n) is 1.98. The summed E-state index contributed by atoms with van der Waals surface area (Å²) in [6, 6.07) is 7.21. The fraction of sp³-hybridized carbons (Fsp3) is 0.538. The third-order valence-electron chi connectivity index (χ3n) is 3.03. The Morgan fingerprint density at radius 3 is 2.88 bits per heavy atom. The number of benzene rings is 1. The Kier molecular flexibility index (Phi) is 4.66. The molecule has 1 N–H and O–H groups in total. The Bertz CT molecular complexity index is 350. The van der Waals surface area contributed by atoms with Crippen molar-refractivity contribution in [3.05, 3.63) is 29.3 Å². The average Bonchev–Trinajstić information content (AvgIpc) is 2.37. The molecule has 1 aliphatic heterocycles. The molecule has 0 radical (unpaired) electrons. The van der Waals surface area contributed by atoms with Crippen LogP contribution in [0.1, 0.15) is 12.8 Å². The zero-order chi connectivity index (χ0) is 12.1. The van der Waals surface area contributed by atoms with E-state index in [1.165, 1.54) is 0 Å². The number of hydrogen-bond acceptors (Lipinski definition) is 3. The van der Waals surface area contributed by atoms with Crippen LogP contribution in [0.2, 0.25) is 5.02 Å². The van der Waals surface area contributed by atoms with Crippen LogP contribution in [0.3, 0.4) is 0 Å². The van der Waals surface area contributed by atoms with Crippen molar-refractivity contribution in [2.24, 2.45) is 5.92 Å². The van der Waals surface area contributed by atoms with E-state index in [-0.39, 0.29) is 5.92 Å². The summed E-state index contributed by atoms with van der Waals surface area (Å²) in [5, 5.41) is 10.6. The van der Waals surface area contributed by atoms with Gasteiger partial charge in [0.15, 0.2) is 0 Å². The number of ether oxygens (including phenoxy) is 2. The quantitative estimate of drug-likeness (QED) is 0.900. The molecule has 94 valence electrons. The van der Waals surface area contributed by atoms with Crippen LogP contribution in [0.15, 0.2) is 24.3 Å². The highest BCUT2D eigenvalue weighted by atomic mass is 35.5. The molecule has 0 bridgehead atoms. The lowest BCUT2D eigenvalue weighted by atomic mass is 9.94. The number of rotatable bonds is 4.